The topological polar surface area (TPSA) is 80.9 Å². The Bertz CT molecular complexity index is 745. The number of thiophene rings is 1. The van der Waals surface area contributed by atoms with Crippen molar-refractivity contribution >= 4 is 31.5 Å². The van der Waals surface area contributed by atoms with Crippen LogP contribution in [0.3, 0.4) is 0 Å². The summed E-state index contributed by atoms with van der Waals surface area (Å²) in [6, 6.07) is 5.59. The van der Waals surface area contributed by atoms with Gasteiger partial charge in [-0.3, -0.25) is 0 Å². The summed E-state index contributed by atoms with van der Waals surface area (Å²) in [5, 5.41) is 39.5. The highest BCUT2D eigenvalue weighted by atomic mass is 32.1. The Labute approximate surface area is 99.6 Å². The third-order valence-corrected chi connectivity index (χ3v) is 3.85. The fourth-order valence-corrected chi connectivity index (χ4v) is 3.02. The summed E-state index contributed by atoms with van der Waals surface area (Å²) in [5.74, 6) is -0.366. The molecule has 5 heteroatoms. The maximum atomic E-state index is 9.79. The molecule has 0 radical (unpaired) electrons. The number of aromatic hydroxyl groups is 4. The monoisotopic (exact) mass is 248 g/mol. The largest absolute Gasteiger partial charge is 0.507 e. The molecule has 3 rings (SSSR count). The van der Waals surface area contributed by atoms with E-state index in [1.54, 1.807) is 0 Å². The molecule has 0 unspecified atom stereocenters. The van der Waals surface area contributed by atoms with Gasteiger partial charge in [0.25, 0.3) is 0 Å². The lowest BCUT2D eigenvalue weighted by Crippen LogP contribution is -1.71. The predicted octanol–water partition coefficient (Wildman–Crippen LogP) is 2.88. The molecular formula is C12H8O4S. The van der Waals surface area contributed by atoms with Crippen LogP contribution >= 0.6 is 11.3 Å². The molecule has 1 heterocycles. The molecule has 3 aromatic rings. The van der Waals surface area contributed by atoms with Gasteiger partial charge in [-0.2, -0.15) is 0 Å². The molecule has 0 atom stereocenters. The van der Waals surface area contributed by atoms with Crippen molar-refractivity contribution in [2.45, 2.75) is 0 Å². The van der Waals surface area contributed by atoms with Crippen LogP contribution in [0.4, 0.5) is 0 Å². The molecule has 4 nitrogen and oxygen atoms in total. The smallest absolute Gasteiger partial charge is 0.158 e. The van der Waals surface area contributed by atoms with Crippen LogP contribution in [0, 0.1) is 0 Å². The summed E-state index contributed by atoms with van der Waals surface area (Å²) in [4.78, 5) is 0. The Balaban J connectivity index is 2.60. The van der Waals surface area contributed by atoms with Gasteiger partial charge in [-0.1, -0.05) is 0 Å². The second-order valence-electron chi connectivity index (χ2n) is 3.75. The first-order chi connectivity index (χ1) is 8.08. The average molecular weight is 248 g/mol. The van der Waals surface area contributed by atoms with Gasteiger partial charge in [0, 0.05) is 21.5 Å². The minimum absolute atomic E-state index is 0.0362. The van der Waals surface area contributed by atoms with E-state index in [2.05, 4.69) is 0 Å². The zero-order valence-corrected chi connectivity index (χ0v) is 9.32. The number of phenols is 4. The number of phenolic OH excluding ortho intramolecular Hbond substituents is 4. The van der Waals surface area contributed by atoms with E-state index in [1.807, 2.05) is 0 Å². The van der Waals surface area contributed by atoms with Gasteiger partial charge in [0.15, 0.2) is 11.5 Å². The fourth-order valence-electron chi connectivity index (χ4n) is 1.87. The highest BCUT2D eigenvalue weighted by Crippen LogP contribution is 2.46. The standard InChI is InChI=1S/C12H8O4S/c13-6-1-2-7(14)12-11(6)5-3-8(15)9(16)4-10(5)17-12/h1-4,13-16H. The van der Waals surface area contributed by atoms with Crippen LogP contribution in [0.25, 0.3) is 20.2 Å². The summed E-state index contributed by atoms with van der Waals surface area (Å²) in [5.41, 5.74) is 0. The lowest BCUT2D eigenvalue weighted by Gasteiger charge is -1.99. The molecule has 0 aliphatic carbocycles. The second kappa shape index (κ2) is 3.18. The number of hydrogen-bond donors (Lipinski definition) is 4. The van der Waals surface area contributed by atoms with Crippen LogP contribution in [-0.2, 0) is 0 Å². The molecule has 0 aliphatic heterocycles. The van der Waals surface area contributed by atoms with Crippen LogP contribution in [0.5, 0.6) is 23.0 Å². The van der Waals surface area contributed by atoms with Crippen LogP contribution in [0.2, 0.25) is 0 Å². The molecule has 2 aromatic carbocycles. The van der Waals surface area contributed by atoms with Gasteiger partial charge in [-0.25, -0.2) is 0 Å². The number of hydrogen-bond acceptors (Lipinski definition) is 5. The van der Waals surface area contributed by atoms with Gasteiger partial charge in [0.1, 0.15) is 11.5 Å². The first-order valence-electron chi connectivity index (χ1n) is 4.87. The van der Waals surface area contributed by atoms with Crippen molar-refractivity contribution < 1.29 is 20.4 Å². The van der Waals surface area contributed by atoms with Crippen LogP contribution in [0.15, 0.2) is 24.3 Å². The second-order valence-corrected chi connectivity index (χ2v) is 4.80. The first-order valence-corrected chi connectivity index (χ1v) is 5.68. The number of fused-ring (bicyclic) bond motifs is 3. The zero-order valence-electron chi connectivity index (χ0n) is 8.51. The van der Waals surface area contributed by atoms with Gasteiger partial charge in [0.05, 0.1) is 4.70 Å². The van der Waals surface area contributed by atoms with E-state index in [0.29, 0.717) is 20.2 Å². The fraction of sp³-hybridized carbons (Fsp3) is 0. The summed E-state index contributed by atoms with van der Waals surface area (Å²) in [6.07, 6.45) is 0. The molecule has 0 bridgehead atoms. The van der Waals surface area contributed by atoms with Gasteiger partial charge in [-0.15, -0.1) is 11.3 Å². The van der Waals surface area contributed by atoms with E-state index in [1.165, 1.54) is 35.6 Å². The molecule has 0 saturated heterocycles. The molecule has 1 aromatic heterocycles. The molecule has 17 heavy (non-hydrogen) atoms. The first kappa shape index (κ1) is 10.0. The van der Waals surface area contributed by atoms with Gasteiger partial charge < -0.3 is 20.4 Å². The summed E-state index contributed by atoms with van der Waals surface area (Å²) >= 11 is 1.24. The van der Waals surface area contributed by atoms with Gasteiger partial charge in [0.2, 0.25) is 0 Å². The molecule has 0 fully saturated rings. The predicted molar refractivity (Wildman–Crippen MR) is 66.0 cm³/mol. The highest BCUT2D eigenvalue weighted by Gasteiger charge is 2.14. The molecule has 4 N–H and O–H groups in total. The highest BCUT2D eigenvalue weighted by molar-refractivity contribution is 7.26. The lowest BCUT2D eigenvalue weighted by atomic mass is 10.1. The SMILES string of the molecule is Oc1cc2sc3c(O)ccc(O)c3c2cc1O. The van der Waals surface area contributed by atoms with Crippen molar-refractivity contribution in [3.05, 3.63) is 24.3 Å². The van der Waals surface area contributed by atoms with Gasteiger partial charge in [-0.05, 0) is 18.2 Å². The Morgan fingerprint density at radius 1 is 0.765 bits per heavy atom. The lowest BCUT2D eigenvalue weighted by molar-refractivity contribution is 0.405. The molecular weight excluding hydrogens is 240 g/mol. The minimum atomic E-state index is -0.250. The van der Waals surface area contributed by atoms with E-state index in [-0.39, 0.29) is 23.0 Å². The van der Waals surface area contributed by atoms with Crippen molar-refractivity contribution in [2.75, 3.05) is 0 Å². The molecule has 0 spiro atoms. The summed E-state index contributed by atoms with van der Waals surface area (Å²) < 4.78 is 1.22. The van der Waals surface area contributed by atoms with Crippen molar-refractivity contribution in [2.24, 2.45) is 0 Å². The Morgan fingerprint density at radius 3 is 2.18 bits per heavy atom. The number of benzene rings is 2. The Morgan fingerprint density at radius 2 is 1.41 bits per heavy atom. The van der Waals surface area contributed by atoms with E-state index in [9.17, 15) is 20.4 Å². The maximum absolute atomic E-state index is 9.79. The average Bonchev–Trinajstić information content (AvgIpc) is 2.64. The summed E-state index contributed by atoms with van der Waals surface area (Å²) in [7, 11) is 0. The Kier molecular flexibility index (Phi) is 1.88. The van der Waals surface area contributed by atoms with Gasteiger partial charge >= 0.3 is 0 Å². The van der Waals surface area contributed by atoms with E-state index >= 15 is 0 Å². The quantitative estimate of drug-likeness (QED) is 0.364. The van der Waals surface area contributed by atoms with Crippen molar-refractivity contribution in [1.29, 1.82) is 0 Å². The third kappa shape index (κ3) is 1.29. The van der Waals surface area contributed by atoms with E-state index < -0.39 is 0 Å². The number of rotatable bonds is 0. The molecule has 0 saturated carbocycles. The molecule has 0 amide bonds. The maximum Gasteiger partial charge on any atom is 0.158 e. The van der Waals surface area contributed by atoms with E-state index in [0.717, 1.165) is 0 Å². The van der Waals surface area contributed by atoms with Crippen molar-refractivity contribution in [1.82, 2.24) is 0 Å². The van der Waals surface area contributed by atoms with Crippen LogP contribution in [-0.4, -0.2) is 20.4 Å². The molecule has 0 aliphatic rings. The third-order valence-electron chi connectivity index (χ3n) is 2.67. The zero-order chi connectivity index (χ0) is 12.2. The van der Waals surface area contributed by atoms with E-state index in [4.69, 9.17) is 0 Å². The van der Waals surface area contributed by atoms with Crippen LogP contribution in [0.1, 0.15) is 0 Å². The normalized spacial score (nSPS) is 11.3. The van der Waals surface area contributed by atoms with Crippen molar-refractivity contribution in [3.8, 4) is 23.0 Å². The molecule has 86 valence electrons. The van der Waals surface area contributed by atoms with Crippen molar-refractivity contribution in [3.63, 3.8) is 0 Å². The minimum Gasteiger partial charge on any atom is -0.507 e. The Hall–Kier alpha value is -2.14. The van der Waals surface area contributed by atoms with Crippen LogP contribution < -0.4 is 0 Å². The summed E-state index contributed by atoms with van der Waals surface area (Å²) in [6.45, 7) is 0.